The van der Waals surface area contributed by atoms with E-state index in [-0.39, 0.29) is 42.5 Å². The van der Waals surface area contributed by atoms with Gasteiger partial charge < -0.3 is 4.90 Å². The summed E-state index contributed by atoms with van der Waals surface area (Å²) < 4.78 is 0. The van der Waals surface area contributed by atoms with Gasteiger partial charge in [0.2, 0.25) is 17.7 Å². The molecule has 5 nitrogen and oxygen atoms in total. The van der Waals surface area contributed by atoms with Gasteiger partial charge >= 0.3 is 0 Å². The fourth-order valence-electron chi connectivity index (χ4n) is 3.39. The number of hydrogen-bond acceptors (Lipinski definition) is 3. The topological polar surface area (TPSA) is 57.7 Å². The zero-order valence-corrected chi connectivity index (χ0v) is 12.4. The standard InChI is InChI=1S/C15H24N2O3/c1-3-16(4-2)13(18)9-10-17-14(19)11-7-5-6-8-12(11)15(17)20/h11-12H,3-10H2,1-2H3. The molecule has 112 valence electrons. The van der Waals surface area contributed by atoms with Crippen molar-refractivity contribution < 1.29 is 14.4 Å². The van der Waals surface area contributed by atoms with Crippen molar-refractivity contribution in [1.29, 1.82) is 0 Å². The van der Waals surface area contributed by atoms with Crippen LogP contribution >= 0.6 is 0 Å². The van der Waals surface area contributed by atoms with Crippen molar-refractivity contribution in [1.82, 2.24) is 9.80 Å². The number of fused-ring (bicyclic) bond motifs is 1. The van der Waals surface area contributed by atoms with E-state index in [0.717, 1.165) is 25.7 Å². The van der Waals surface area contributed by atoms with Gasteiger partial charge in [-0.05, 0) is 26.7 Å². The first-order chi connectivity index (χ1) is 9.60. The van der Waals surface area contributed by atoms with E-state index < -0.39 is 0 Å². The lowest BCUT2D eigenvalue weighted by molar-refractivity contribution is -0.140. The molecule has 0 aromatic carbocycles. The maximum atomic E-state index is 12.3. The smallest absolute Gasteiger partial charge is 0.233 e. The van der Waals surface area contributed by atoms with Crippen molar-refractivity contribution in [2.45, 2.75) is 46.0 Å². The minimum absolute atomic E-state index is 0.0190. The molecule has 1 aliphatic carbocycles. The highest BCUT2D eigenvalue weighted by atomic mass is 16.2. The van der Waals surface area contributed by atoms with Gasteiger partial charge in [-0.15, -0.1) is 0 Å². The van der Waals surface area contributed by atoms with Gasteiger partial charge in [0, 0.05) is 26.1 Å². The number of carbonyl (C=O) groups is 3. The van der Waals surface area contributed by atoms with Gasteiger partial charge in [0.05, 0.1) is 11.8 Å². The molecule has 0 bridgehead atoms. The maximum Gasteiger partial charge on any atom is 0.233 e. The minimum atomic E-state index is -0.111. The summed E-state index contributed by atoms with van der Waals surface area (Å²) in [5, 5.41) is 0. The lowest BCUT2D eigenvalue weighted by atomic mass is 9.81. The van der Waals surface area contributed by atoms with Crippen molar-refractivity contribution in [3.8, 4) is 0 Å². The first-order valence-corrected chi connectivity index (χ1v) is 7.73. The Morgan fingerprint density at radius 3 is 2.05 bits per heavy atom. The Balaban J connectivity index is 1.94. The lowest BCUT2D eigenvalue weighted by Gasteiger charge is -2.20. The molecule has 2 unspecified atom stereocenters. The fourth-order valence-corrected chi connectivity index (χ4v) is 3.39. The predicted molar refractivity (Wildman–Crippen MR) is 74.7 cm³/mol. The Hall–Kier alpha value is -1.39. The third-order valence-electron chi connectivity index (χ3n) is 4.60. The van der Waals surface area contributed by atoms with E-state index in [0.29, 0.717) is 13.1 Å². The van der Waals surface area contributed by atoms with Crippen LogP contribution < -0.4 is 0 Å². The van der Waals surface area contributed by atoms with Crippen LogP contribution in [0, 0.1) is 11.8 Å². The van der Waals surface area contributed by atoms with Crippen LogP contribution in [0.3, 0.4) is 0 Å². The van der Waals surface area contributed by atoms with Gasteiger partial charge in [-0.25, -0.2) is 0 Å². The largest absolute Gasteiger partial charge is 0.343 e. The van der Waals surface area contributed by atoms with Gasteiger partial charge in [0.25, 0.3) is 0 Å². The van der Waals surface area contributed by atoms with E-state index in [1.807, 2.05) is 13.8 Å². The third-order valence-corrected chi connectivity index (χ3v) is 4.60. The molecule has 1 saturated carbocycles. The minimum Gasteiger partial charge on any atom is -0.343 e. The second kappa shape index (κ2) is 6.37. The van der Waals surface area contributed by atoms with Gasteiger partial charge in [-0.2, -0.15) is 0 Å². The summed E-state index contributed by atoms with van der Waals surface area (Å²) >= 11 is 0. The van der Waals surface area contributed by atoms with Crippen molar-refractivity contribution in [3.63, 3.8) is 0 Å². The fraction of sp³-hybridized carbons (Fsp3) is 0.800. The second-order valence-electron chi connectivity index (χ2n) is 5.64. The van der Waals surface area contributed by atoms with Crippen molar-refractivity contribution in [2.75, 3.05) is 19.6 Å². The molecule has 0 aromatic rings. The third kappa shape index (κ3) is 2.72. The summed E-state index contributed by atoms with van der Waals surface area (Å²) in [6, 6.07) is 0. The highest BCUT2D eigenvalue weighted by molar-refractivity contribution is 6.05. The zero-order valence-electron chi connectivity index (χ0n) is 12.4. The van der Waals surface area contributed by atoms with E-state index in [2.05, 4.69) is 0 Å². The van der Waals surface area contributed by atoms with E-state index >= 15 is 0 Å². The highest BCUT2D eigenvalue weighted by Crippen LogP contribution is 2.37. The van der Waals surface area contributed by atoms with Crippen LogP contribution in [0.4, 0.5) is 0 Å². The lowest BCUT2D eigenvalue weighted by Crippen LogP contribution is -2.37. The Labute approximate surface area is 120 Å². The van der Waals surface area contributed by atoms with Crippen LogP contribution in [-0.4, -0.2) is 47.2 Å². The van der Waals surface area contributed by atoms with Gasteiger partial charge in [0.1, 0.15) is 0 Å². The molecule has 1 aliphatic heterocycles. The number of carbonyl (C=O) groups excluding carboxylic acids is 3. The normalized spacial score (nSPS) is 25.8. The molecule has 2 rings (SSSR count). The summed E-state index contributed by atoms with van der Waals surface area (Å²) in [5.74, 6) is -0.302. The molecule has 20 heavy (non-hydrogen) atoms. The molecule has 0 spiro atoms. The molecule has 2 fully saturated rings. The Morgan fingerprint density at radius 1 is 1.10 bits per heavy atom. The molecular formula is C15H24N2O3. The average Bonchev–Trinajstić information content (AvgIpc) is 2.71. The first-order valence-electron chi connectivity index (χ1n) is 7.73. The summed E-state index contributed by atoms with van der Waals surface area (Å²) in [6.45, 7) is 5.45. The molecule has 1 saturated heterocycles. The van der Waals surface area contributed by atoms with E-state index in [1.54, 1.807) is 4.90 Å². The van der Waals surface area contributed by atoms with Crippen molar-refractivity contribution in [2.24, 2.45) is 11.8 Å². The van der Waals surface area contributed by atoms with Crippen LogP contribution in [-0.2, 0) is 14.4 Å². The van der Waals surface area contributed by atoms with E-state index in [4.69, 9.17) is 0 Å². The summed E-state index contributed by atoms with van der Waals surface area (Å²) in [5.41, 5.74) is 0. The first kappa shape index (κ1) is 15.0. The highest BCUT2D eigenvalue weighted by Gasteiger charge is 2.47. The maximum absolute atomic E-state index is 12.3. The Morgan fingerprint density at radius 2 is 1.60 bits per heavy atom. The number of imide groups is 1. The molecule has 2 aliphatic rings. The number of rotatable bonds is 5. The van der Waals surface area contributed by atoms with Gasteiger partial charge in [-0.1, -0.05) is 12.8 Å². The molecule has 0 aromatic heterocycles. The predicted octanol–water partition coefficient (Wildman–Crippen LogP) is 1.42. The average molecular weight is 280 g/mol. The van der Waals surface area contributed by atoms with Crippen LogP contribution in [0.2, 0.25) is 0 Å². The molecule has 0 radical (unpaired) electrons. The van der Waals surface area contributed by atoms with Crippen LogP contribution in [0.5, 0.6) is 0 Å². The number of likely N-dealkylation sites (tertiary alicyclic amines) is 1. The monoisotopic (exact) mass is 280 g/mol. The van der Waals surface area contributed by atoms with E-state index in [1.165, 1.54) is 4.90 Å². The van der Waals surface area contributed by atoms with Crippen molar-refractivity contribution >= 4 is 17.7 Å². The molecule has 0 N–H and O–H groups in total. The van der Waals surface area contributed by atoms with Crippen LogP contribution in [0.25, 0.3) is 0 Å². The second-order valence-corrected chi connectivity index (χ2v) is 5.64. The Bertz CT molecular complexity index is 380. The van der Waals surface area contributed by atoms with Crippen LogP contribution in [0.1, 0.15) is 46.0 Å². The van der Waals surface area contributed by atoms with Crippen LogP contribution in [0.15, 0.2) is 0 Å². The molecule has 1 heterocycles. The molecular weight excluding hydrogens is 256 g/mol. The Kier molecular flexibility index (Phi) is 4.78. The zero-order chi connectivity index (χ0) is 14.7. The van der Waals surface area contributed by atoms with E-state index in [9.17, 15) is 14.4 Å². The molecule has 2 atom stereocenters. The summed E-state index contributed by atoms with van der Waals surface area (Å²) in [4.78, 5) is 39.5. The molecule has 5 heteroatoms. The quantitative estimate of drug-likeness (QED) is 0.716. The van der Waals surface area contributed by atoms with Crippen molar-refractivity contribution in [3.05, 3.63) is 0 Å². The SMILES string of the molecule is CCN(CC)C(=O)CCN1C(=O)C2CCCCC2C1=O. The van der Waals surface area contributed by atoms with Gasteiger partial charge in [0.15, 0.2) is 0 Å². The van der Waals surface area contributed by atoms with Gasteiger partial charge in [-0.3, -0.25) is 19.3 Å². The summed E-state index contributed by atoms with van der Waals surface area (Å²) in [6.07, 6.45) is 3.98. The number of amides is 3. The molecule has 3 amide bonds. The summed E-state index contributed by atoms with van der Waals surface area (Å²) in [7, 11) is 0. The number of hydrogen-bond donors (Lipinski definition) is 0. The number of nitrogens with zero attached hydrogens (tertiary/aromatic N) is 2.